The van der Waals surface area contributed by atoms with Gasteiger partial charge in [-0.1, -0.05) is 84.6 Å². The van der Waals surface area contributed by atoms with Crippen LogP contribution in [0.25, 0.3) is 11.3 Å². The lowest BCUT2D eigenvalue weighted by atomic mass is 9.87. The van der Waals surface area contributed by atoms with Crippen molar-refractivity contribution in [3.63, 3.8) is 0 Å². The third-order valence-corrected chi connectivity index (χ3v) is 15.9. The van der Waals surface area contributed by atoms with Gasteiger partial charge in [0, 0.05) is 95.1 Å². The number of nitrogens with zero attached hydrogens (tertiary/aromatic N) is 7. The van der Waals surface area contributed by atoms with E-state index in [9.17, 15) is 14.4 Å². The van der Waals surface area contributed by atoms with Gasteiger partial charge in [-0.05, 0) is 99.4 Å². The predicted octanol–water partition coefficient (Wildman–Crippen LogP) is 7.18. The molecular weight excluding hydrogens is 1070 g/mol. The van der Waals surface area contributed by atoms with Crippen LogP contribution in [-0.2, 0) is 71.2 Å². The van der Waals surface area contributed by atoms with E-state index in [1.54, 1.807) is 56.4 Å². The third kappa shape index (κ3) is 16.7. The standard InChI is InChI=1S/C61H77Cl2N9O9/c1-67(2)38-55-64-36-53(70(55)5)42-21-26-48(27-22-42)81-54-33-46(63)25-20-43(54)37-72-52(35-57(74)68(3)28-29-79-7)59(76)66-50(39-80-8)61(78)69(4)47(31-41-18-23-45(62)24-19-41)34-56(73)65-49-16-12-13-17-51(49)71(6)60(77)44(32-58(72)75)30-40-14-10-9-11-15-40/h9-11,14-15,18-27,33,36,44,47,49-52H,12-13,16-17,28-32,34-35,37-39H2,1-8H3,(H,65,73)(H,66,76)/t44-,47+,49+,50+,51+,52+/m1/s1. The predicted molar refractivity (Wildman–Crippen MR) is 311 cm³/mol. The van der Waals surface area contributed by atoms with Gasteiger partial charge in [0.05, 0.1) is 56.6 Å². The molecular formula is C61H77Cl2N9O9. The summed E-state index contributed by atoms with van der Waals surface area (Å²) in [5, 5.41) is 6.98. The van der Waals surface area contributed by atoms with Gasteiger partial charge in [0.1, 0.15) is 29.4 Å². The maximum absolute atomic E-state index is 15.8. The van der Waals surface area contributed by atoms with Crippen molar-refractivity contribution in [2.75, 3.05) is 69.2 Å². The molecule has 81 heavy (non-hydrogen) atoms. The van der Waals surface area contributed by atoms with E-state index in [4.69, 9.17) is 37.4 Å². The normalized spacial score (nSPS) is 20.8. The second kappa shape index (κ2) is 29.2. The number of aromatic nitrogens is 2. The van der Waals surface area contributed by atoms with Crippen molar-refractivity contribution in [1.29, 1.82) is 0 Å². The fourth-order valence-electron chi connectivity index (χ4n) is 10.7. The second-order valence-electron chi connectivity index (χ2n) is 21.5. The molecule has 2 fully saturated rings. The fraction of sp³-hybridized carbons (Fsp3) is 0.459. The van der Waals surface area contributed by atoms with Crippen LogP contribution in [0, 0.1) is 5.92 Å². The zero-order valence-corrected chi connectivity index (χ0v) is 49.3. The van der Waals surface area contributed by atoms with E-state index in [1.165, 1.54) is 28.9 Å². The number of fused-ring (bicyclic) bond motifs is 1. The molecule has 2 N–H and O–H groups in total. The Labute approximate surface area is 486 Å². The Kier molecular flexibility index (Phi) is 22.3. The summed E-state index contributed by atoms with van der Waals surface area (Å²) in [6, 6.07) is 24.4. The summed E-state index contributed by atoms with van der Waals surface area (Å²) in [5.41, 5.74) is 3.85. The molecule has 7 rings (SSSR count). The van der Waals surface area contributed by atoms with Crippen molar-refractivity contribution in [2.24, 2.45) is 13.0 Å². The summed E-state index contributed by atoms with van der Waals surface area (Å²) in [6.45, 7) is 0.425. The Balaban J connectivity index is 1.34. The molecule has 6 amide bonds. The number of rotatable bonds is 18. The quantitative estimate of drug-likeness (QED) is 0.0905. The van der Waals surface area contributed by atoms with Gasteiger partial charge in [-0.2, -0.15) is 0 Å². The Hall–Kier alpha value is -6.83. The highest BCUT2D eigenvalue weighted by atomic mass is 35.5. The van der Waals surface area contributed by atoms with Crippen molar-refractivity contribution in [3.8, 4) is 22.8 Å². The Morgan fingerprint density at radius 3 is 2.15 bits per heavy atom. The monoisotopic (exact) mass is 1150 g/mol. The molecule has 5 aromatic rings. The number of hydrogen-bond donors (Lipinski definition) is 2. The topological polar surface area (TPSA) is 188 Å². The molecule has 1 saturated heterocycles. The summed E-state index contributed by atoms with van der Waals surface area (Å²) in [7, 11) is 13.7. The molecule has 1 aliphatic carbocycles. The molecule has 0 radical (unpaired) electrons. The van der Waals surface area contributed by atoms with E-state index in [0.29, 0.717) is 40.7 Å². The lowest BCUT2D eigenvalue weighted by molar-refractivity contribution is -0.149. The highest BCUT2D eigenvalue weighted by molar-refractivity contribution is 6.31. The van der Waals surface area contributed by atoms with Crippen LogP contribution in [0.5, 0.6) is 11.5 Å². The molecule has 20 heteroatoms. The number of likely N-dealkylation sites (N-methyl/N-ethyl adjacent to an activating group) is 3. The van der Waals surface area contributed by atoms with Crippen LogP contribution in [-0.4, -0.2) is 169 Å². The maximum atomic E-state index is 15.8. The van der Waals surface area contributed by atoms with Crippen LogP contribution in [0.1, 0.15) is 67.5 Å². The number of imidazole rings is 1. The first kappa shape index (κ1) is 61.8. The zero-order valence-electron chi connectivity index (χ0n) is 47.7. The molecule has 4 aromatic carbocycles. The molecule has 6 atom stereocenters. The number of carbonyl (C=O) groups excluding carboxylic acids is 6. The highest BCUT2D eigenvalue weighted by Gasteiger charge is 2.41. The van der Waals surface area contributed by atoms with E-state index in [1.807, 2.05) is 104 Å². The second-order valence-corrected chi connectivity index (χ2v) is 22.4. The molecule has 1 saturated carbocycles. The average molecular weight is 1150 g/mol. The van der Waals surface area contributed by atoms with Gasteiger partial charge in [0.2, 0.25) is 35.4 Å². The molecule has 2 aliphatic rings. The van der Waals surface area contributed by atoms with E-state index < -0.39 is 66.2 Å². The van der Waals surface area contributed by atoms with Crippen molar-refractivity contribution in [2.45, 2.75) is 101 Å². The number of amides is 6. The Morgan fingerprint density at radius 1 is 0.765 bits per heavy atom. The van der Waals surface area contributed by atoms with Crippen molar-refractivity contribution in [3.05, 3.63) is 136 Å². The van der Waals surface area contributed by atoms with Gasteiger partial charge in [-0.15, -0.1) is 0 Å². The molecule has 1 aliphatic heterocycles. The number of halogens is 2. The van der Waals surface area contributed by atoms with Crippen molar-refractivity contribution >= 4 is 58.6 Å². The van der Waals surface area contributed by atoms with E-state index in [2.05, 4.69) is 15.6 Å². The number of methoxy groups -OCH3 is 2. The molecule has 2 heterocycles. The van der Waals surface area contributed by atoms with Crippen LogP contribution in [0.15, 0.2) is 103 Å². The molecule has 0 unspecified atom stereocenters. The molecule has 434 valence electrons. The van der Waals surface area contributed by atoms with Crippen molar-refractivity contribution in [1.82, 2.24) is 44.7 Å². The van der Waals surface area contributed by atoms with Crippen LogP contribution in [0.4, 0.5) is 0 Å². The number of hydrogen-bond acceptors (Lipinski definition) is 11. The highest BCUT2D eigenvalue weighted by Crippen LogP contribution is 2.34. The van der Waals surface area contributed by atoms with Gasteiger partial charge < -0.3 is 53.9 Å². The van der Waals surface area contributed by atoms with Crippen LogP contribution < -0.4 is 15.4 Å². The average Bonchev–Trinajstić information content (AvgIpc) is 3.83. The van der Waals surface area contributed by atoms with E-state index >= 15 is 14.4 Å². The largest absolute Gasteiger partial charge is 0.457 e. The summed E-state index contributed by atoms with van der Waals surface area (Å²) in [6.07, 6.45) is 4.04. The van der Waals surface area contributed by atoms with Gasteiger partial charge in [-0.3, -0.25) is 28.8 Å². The number of ether oxygens (including phenoxy) is 3. The summed E-state index contributed by atoms with van der Waals surface area (Å²) >= 11 is 13.0. The van der Waals surface area contributed by atoms with Crippen LogP contribution >= 0.6 is 23.2 Å². The van der Waals surface area contributed by atoms with Gasteiger partial charge in [0.15, 0.2) is 0 Å². The first-order chi connectivity index (χ1) is 38.8. The first-order valence-corrected chi connectivity index (χ1v) is 28.2. The molecule has 1 aromatic heterocycles. The minimum absolute atomic E-state index is 0.110. The zero-order chi connectivity index (χ0) is 58.3. The van der Waals surface area contributed by atoms with Crippen molar-refractivity contribution < 1.29 is 43.0 Å². The van der Waals surface area contributed by atoms with Crippen LogP contribution in [0.3, 0.4) is 0 Å². The first-order valence-electron chi connectivity index (χ1n) is 27.5. The van der Waals surface area contributed by atoms with Gasteiger partial charge in [0.25, 0.3) is 0 Å². The maximum Gasteiger partial charge on any atom is 0.247 e. The van der Waals surface area contributed by atoms with Crippen LogP contribution in [0.2, 0.25) is 10.0 Å². The number of benzene rings is 4. The number of carbonyl (C=O) groups is 6. The molecule has 0 spiro atoms. The third-order valence-electron chi connectivity index (χ3n) is 15.4. The van der Waals surface area contributed by atoms with E-state index in [0.717, 1.165) is 41.1 Å². The Morgan fingerprint density at radius 2 is 1.46 bits per heavy atom. The minimum atomic E-state index is -1.57. The fourth-order valence-corrected chi connectivity index (χ4v) is 11.0. The van der Waals surface area contributed by atoms with Gasteiger partial charge in [-0.25, -0.2) is 4.98 Å². The molecule has 0 bridgehead atoms. The Bertz CT molecular complexity index is 2940. The summed E-state index contributed by atoms with van der Waals surface area (Å²) in [5.74, 6) is -2.51. The SMILES string of the molecule is COCCN(C)C(=O)C[C@H]1C(=O)N[C@@H](COC)C(=O)N(C)[C@@H](Cc2ccc(Cl)cc2)CC(=O)N[C@H]2CCCC[C@@H]2N(C)C(=O)[C@H](Cc2ccccc2)CC(=O)N1Cc1ccc(Cl)cc1Oc1ccc(-c2cnc(CN(C)C)n2C)cc1. The molecule has 18 nitrogen and oxygen atoms in total. The lowest BCUT2D eigenvalue weighted by Gasteiger charge is -2.40. The van der Waals surface area contributed by atoms with Gasteiger partial charge >= 0.3 is 0 Å². The minimum Gasteiger partial charge on any atom is -0.457 e. The smallest absolute Gasteiger partial charge is 0.247 e. The number of nitrogens with one attached hydrogen (secondary N) is 2. The summed E-state index contributed by atoms with van der Waals surface area (Å²) < 4.78 is 19.5. The lowest BCUT2D eigenvalue weighted by Crippen LogP contribution is -2.59. The van der Waals surface area contributed by atoms with E-state index in [-0.39, 0.29) is 69.6 Å². The summed E-state index contributed by atoms with van der Waals surface area (Å²) in [4.78, 5) is 103.